The van der Waals surface area contributed by atoms with Crippen molar-refractivity contribution < 1.29 is 31.0 Å². The Morgan fingerprint density at radius 1 is 0.938 bits per heavy atom. The molecule has 0 N–H and O–H groups in total. The molecule has 16 heavy (non-hydrogen) atoms. The summed E-state index contributed by atoms with van der Waals surface area (Å²) in [4.78, 5) is 0. The van der Waals surface area contributed by atoms with Crippen molar-refractivity contribution >= 4 is 0 Å². The Kier molecular flexibility index (Phi) is 116. The molecular weight excluding hydrogens is 248 g/mol. The van der Waals surface area contributed by atoms with Crippen LogP contribution >= 0.6 is 0 Å². The average molecular weight is 262 g/mol. The van der Waals surface area contributed by atoms with Crippen molar-refractivity contribution in [1.82, 2.24) is 0 Å². The summed E-state index contributed by atoms with van der Waals surface area (Å²) in [5.74, 6) is 0. The molecule has 0 saturated heterocycles. The molecule has 0 aromatic heterocycles. The zero-order valence-electron chi connectivity index (χ0n) is 9.09. The summed E-state index contributed by atoms with van der Waals surface area (Å²) in [5, 5.41) is 0. The van der Waals surface area contributed by atoms with Gasteiger partial charge < -0.3 is 0 Å². The van der Waals surface area contributed by atoms with Gasteiger partial charge in [-0.2, -0.15) is 0 Å². The fourth-order valence-electron chi connectivity index (χ4n) is 0.500. The number of rotatable bonds is 6. The van der Waals surface area contributed by atoms with E-state index in [1.54, 1.807) is 0 Å². The molecule has 0 aliphatic carbocycles. The molecule has 0 spiro atoms. The normalized spacial score (nSPS) is 5.69. The van der Waals surface area contributed by atoms with Gasteiger partial charge in [-0.1, -0.05) is 13.0 Å². The van der Waals surface area contributed by atoms with Crippen LogP contribution < -0.4 is 0 Å². The van der Waals surface area contributed by atoms with E-state index in [4.69, 9.17) is 14.0 Å². The third-order valence-corrected chi connectivity index (χ3v) is 0.977. The summed E-state index contributed by atoms with van der Waals surface area (Å²) in [7, 11) is 0. The summed E-state index contributed by atoms with van der Waals surface area (Å²) in [6, 6.07) is 0. The smallest absolute Gasteiger partial charge is 0 e. The minimum absolute atomic E-state index is 0. The van der Waals surface area contributed by atoms with Crippen molar-refractivity contribution in [3.8, 4) is 0 Å². The Balaban J connectivity index is -0.0000000498. The van der Waals surface area contributed by atoms with Gasteiger partial charge in [0, 0.05) is 17.1 Å². The SMILES string of the molecule is C=CCC[CH][CH][CH][CH]C.[C-]#[O+].[C-]#[O+].[C-]#[O+].[Fe]. The van der Waals surface area contributed by atoms with Crippen LogP contribution in [-0.2, 0) is 31.0 Å². The predicted molar refractivity (Wildman–Crippen MR) is 54.1 cm³/mol. The molecule has 0 fully saturated rings. The first-order valence-corrected chi connectivity index (χ1v) is 3.91. The monoisotopic (exact) mass is 262 g/mol. The maximum atomic E-state index is 7.50. The Morgan fingerprint density at radius 2 is 1.38 bits per heavy atom. The molecule has 4 heteroatoms. The summed E-state index contributed by atoms with van der Waals surface area (Å²) < 4.78 is 22.5. The molecule has 88 valence electrons. The second-order valence-electron chi connectivity index (χ2n) is 1.82. The van der Waals surface area contributed by atoms with Crippen LogP contribution in [0.15, 0.2) is 12.7 Å². The van der Waals surface area contributed by atoms with Crippen LogP contribution in [0.25, 0.3) is 0 Å². The van der Waals surface area contributed by atoms with E-state index in [1.165, 1.54) is 0 Å². The summed E-state index contributed by atoms with van der Waals surface area (Å²) in [6.07, 6.45) is 12.4. The molecule has 0 aliphatic heterocycles. The molecule has 3 nitrogen and oxygen atoms in total. The second kappa shape index (κ2) is 62.7. The zero-order valence-corrected chi connectivity index (χ0v) is 10.2. The molecule has 0 atom stereocenters. The minimum Gasteiger partial charge on any atom is 0 e. The van der Waals surface area contributed by atoms with E-state index in [1.807, 2.05) is 25.8 Å². The largest absolute Gasteiger partial charge is 0 e. The van der Waals surface area contributed by atoms with Crippen molar-refractivity contribution in [3.63, 3.8) is 0 Å². The molecule has 0 aromatic carbocycles. The third-order valence-electron chi connectivity index (χ3n) is 0.977. The topological polar surface area (TPSA) is 59.7 Å². The molecular formula is C12H14FeO3. The minimum atomic E-state index is 0. The number of unbranched alkanes of at least 4 members (excludes halogenated alkanes) is 5. The summed E-state index contributed by atoms with van der Waals surface area (Å²) in [6.45, 7) is 19.1. The first-order valence-electron chi connectivity index (χ1n) is 3.91. The van der Waals surface area contributed by atoms with Gasteiger partial charge in [-0.15, -0.1) is 6.58 Å². The van der Waals surface area contributed by atoms with Gasteiger partial charge in [0.15, 0.2) is 0 Å². The molecule has 0 aliphatic rings. The first kappa shape index (κ1) is 29.6. The van der Waals surface area contributed by atoms with E-state index in [0.717, 1.165) is 12.8 Å². The summed E-state index contributed by atoms with van der Waals surface area (Å²) in [5.41, 5.74) is 0. The van der Waals surface area contributed by atoms with E-state index in [2.05, 4.69) is 39.4 Å². The van der Waals surface area contributed by atoms with Crippen LogP contribution in [0.1, 0.15) is 19.8 Å². The van der Waals surface area contributed by atoms with Crippen molar-refractivity contribution in [2.75, 3.05) is 0 Å². The van der Waals surface area contributed by atoms with Crippen LogP contribution in [0.4, 0.5) is 0 Å². The molecule has 0 rings (SSSR count). The van der Waals surface area contributed by atoms with Crippen LogP contribution in [0.2, 0.25) is 0 Å². The van der Waals surface area contributed by atoms with E-state index in [0.29, 0.717) is 0 Å². The first-order chi connectivity index (χ1) is 7.41. The maximum absolute atomic E-state index is 7.50. The molecule has 0 bridgehead atoms. The number of hydrogen-bond acceptors (Lipinski definition) is 0. The Labute approximate surface area is 109 Å². The van der Waals surface area contributed by atoms with Crippen molar-refractivity contribution in [2.45, 2.75) is 19.8 Å². The predicted octanol–water partition coefficient (Wildman–Crippen LogP) is 2.67. The zero-order chi connectivity index (χ0) is 12.9. The average Bonchev–Trinajstić information content (AvgIpc) is 2.37. The molecule has 0 aromatic rings. The van der Waals surface area contributed by atoms with Gasteiger partial charge in [0.1, 0.15) is 0 Å². The van der Waals surface area contributed by atoms with Gasteiger partial charge in [0.25, 0.3) is 0 Å². The fraction of sp³-hybridized carbons (Fsp3) is 0.250. The van der Waals surface area contributed by atoms with Crippen LogP contribution in [-0.4, -0.2) is 0 Å². The maximum Gasteiger partial charge on any atom is 0 e. The Morgan fingerprint density at radius 3 is 1.69 bits per heavy atom. The van der Waals surface area contributed by atoms with Gasteiger partial charge in [-0.25, -0.2) is 0 Å². The van der Waals surface area contributed by atoms with Gasteiger partial charge in [-0.05, 0) is 38.5 Å². The van der Waals surface area contributed by atoms with E-state index >= 15 is 0 Å². The Hall–Kier alpha value is -0.521. The van der Waals surface area contributed by atoms with Gasteiger partial charge >= 0.3 is 33.9 Å². The van der Waals surface area contributed by atoms with E-state index in [-0.39, 0.29) is 17.1 Å². The van der Waals surface area contributed by atoms with Crippen LogP contribution in [0.3, 0.4) is 0 Å². The van der Waals surface area contributed by atoms with Crippen molar-refractivity contribution in [2.24, 2.45) is 0 Å². The molecule has 0 saturated carbocycles. The quantitative estimate of drug-likeness (QED) is 0.232. The number of allylic oxidation sites excluding steroid dienone is 1. The molecule has 0 unspecified atom stereocenters. The Bertz CT molecular complexity index is 136. The van der Waals surface area contributed by atoms with Crippen molar-refractivity contribution in [1.29, 1.82) is 0 Å². The van der Waals surface area contributed by atoms with Crippen LogP contribution in [0, 0.1) is 45.6 Å². The van der Waals surface area contributed by atoms with Gasteiger partial charge in [0.05, 0.1) is 0 Å². The summed E-state index contributed by atoms with van der Waals surface area (Å²) >= 11 is 0. The van der Waals surface area contributed by atoms with E-state index < -0.39 is 0 Å². The second-order valence-corrected chi connectivity index (χ2v) is 1.82. The molecule has 0 heterocycles. The van der Waals surface area contributed by atoms with Crippen molar-refractivity contribution in [3.05, 3.63) is 58.3 Å². The molecule has 4 radical (unpaired) electrons. The van der Waals surface area contributed by atoms with Gasteiger partial charge in [0.2, 0.25) is 0 Å². The fourth-order valence-corrected chi connectivity index (χ4v) is 0.500. The molecule has 0 amide bonds. The van der Waals surface area contributed by atoms with Gasteiger partial charge in [-0.3, -0.25) is 0 Å². The third kappa shape index (κ3) is 69.9. The standard InChI is InChI=1S/C9H14.3CO.Fe/c1-3-5-7-9-8-6-4-2;3*1-2;/h3-4,6,8-9H,1,5,7H2,2H3;;;;. The number of hydrogen-bond donors (Lipinski definition) is 0. The van der Waals surface area contributed by atoms with Crippen LogP contribution in [0.5, 0.6) is 0 Å². The van der Waals surface area contributed by atoms with E-state index in [9.17, 15) is 0 Å².